The molecule has 0 fully saturated rings. The van der Waals surface area contributed by atoms with Gasteiger partial charge in [-0.1, -0.05) is 46.4 Å². The molecule has 0 heterocycles. The second kappa shape index (κ2) is 10.3. The van der Waals surface area contributed by atoms with Gasteiger partial charge in [-0.25, -0.2) is 9.59 Å². The van der Waals surface area contributed by atoms with Crippen LogP contribution in [0.4, 0.5) is 0 Å². The van der Waals surface area contributed by atoms with Gasteiger partial charge in [-0.05, 0) is 50.2 Å². The Morgan fingerprint density at radius 1 is 0.759 bits per heavy atom. The second-order valence-electron chi connectivity index (χ2n) is 5.41. The van der Waals surface area contributed by atoms with E-state index in [4.69, 9.17) is 65.4 Å². The Bertz CT molecular complexity index is 829. The maximum Gasteiger partial charge on any atom is 0.453 e. The summed E-state index contributed by atoms with van der Waals surface area (Å²) in [5.41, 5.74) is 0. The molecule has 0 saturated carbocycles. The summed E-state index contributed by atoms with van der Waals surface area (Å²) in [6.45, 7) is 2.99. The molecule has 0 atom stereocenters. The van der Waals surface area contributed by atoms with Crippen LogP contribution in [0.3, 0.4) is 0 Å². The maximum atomic E-state index is 12.8. The SMILES string of the molecule is CCOC(=O)C(Oc1ccc(Cl)cc1Cl)(Oc1ccc(Cl)cc1Cl)C(=O)OCC. The van der Waals surface area contributed by atoms with Gasteiger partial charge < -0.3 is 18.9 Å². The second-order valence-corrected chi connectivity index (χ2v) is 7.10. The largest absolute Gasteiger partial charge is 0.460 e. The summed E-state index contributed by atoms with van der Waals surface area (Å²) >= 11 is 24.1. The molecule has 0 spiro atoms. The van der Waals surface area contributed by atoms with Gasteiger partial charge in [0.05, 0.1) is 23.3 Å². The molecule has 0 aliphatic carbocycles. The number of esters is 2. The third-order valence-electron chi connectivity index (χ3n) is 3.38. The highest BCUT2D eigenvalue weighted by Crippen LogP contribution is 2.35. The van der Waals surface area contributed by atoms with Crippen molar-refractivity contribution in [2.75, 3.05) is 13.2 Å². The molecule has 0 N–H and O–H groups in total. The van der Waals surface area contributed by atoms with Crippen molar-refractivity contribution in [3.05, 3.63) is 56.5 Å². The van der Waals surface area contributed by atoms with Crippen molar-refractivity contribution in [3.8, 4) is 11.5 Å². The Hall–Kier alpha value is -1.86. The topological polar surface area (TPSA) is 71.1 Å². The predicted molar refractivity (Wildman–Crippen MR) is 110 cm³/mol. The molecule has 0 bridgehead atoms. The van der Waals surface area contributed by atoms with Crippen molar-refractivity contribution in [3.63, 3.8) is 0 Å². The van der Waals surface area contributed by atoms with E-state index in [2.05, 4.69) is 0 Å². The predicted octanol–water partition coefficient (Wildman–Crippen LogP) is 5.58. The van der Waals surface area contributed by atoms with Gasteiger partial charge in [0.15, 0.2) is 0 Å². The van der Waals surface area contributed by atoms with Crippen LogP contribution in [-0.2, 0) is 19.1 Å². The molecule has 2 aromatic rings. The molecule has 0 amide bonds. The number of hydrogen-bond acceptors (Lipinski definition) is 6. The zero-order valence-electron chi connectivity index (χ0n) is 15.3. The van der Waals surface area contributed by atoms with E-state index in [-0.39, 0.29) is 34.8 Å². The van der Waals surface area contributed by atoms with Crippen LogP contribution in [0.1, 0.15) is 13.8 Å². The van der Waals surface area contributed by atoms with Gasteiger partial charge >= 0.3 is 17.7 Å². The Kier molecular flexibility index (Phi) is 8.28. The zero-order chi connectivity index (χ0) is 21.6. The molecule has 2 aromatic carbocycles. The summed E-state index contributed by atoms with van der Waals surface area (Å²) < 4.78 is 21.3. The lowest BCUT2D eigenvalue weighted by Crippen LogP contribution is -2.58. The Balaban J connectivity index is 2.61. The first kappa shape index (κ1) is 23.4. The van der Waals surface area contributed by atoms with Crippen molar-refractivity contribution >= 4 is 58.3 Å². The Morgan fingerprint density at radius 3 is 1.45 bits per heavy atom. The van der Waals surface area contributed by atoms with E-state index in [9.17, 15) is 9.59 Å². The van der Waals surface area contributed by atoms with E-state index >= 15 is 0 Å². The van der Waals surface area contributed by atoms with Crippen LogP contribution in [-0.4, -0.2) is 30.9 Å². The zero-order valence-corrected chi connectivity index (χ0v) is 18.4. The van der Waals surface area contributed by atoms with Crippen molar-refractivity contribution in [2.24, 2.45) is 0 Å². The molecule has 0 aliphatic heterocycles. The van der Waals surface area contributed by atoms with Crippen LogP contribution in [0.2, 0.25) is 20.1 Å². The molecule has 29 heavy (non-hydrogen) atoms. The number of carbonyl (C=O) groups is 2. The highest BCUT2D eigenvalue weighted by atomic mass is 35.5. The molecule has 0 unspecified atom stereocenters. The van der Waals surface area contributed by atoms with E-state index in [0.29, 0.717) is 10.0 Å². The lowest BCUT2D eigenvalue weighted by atomic mass is 10.2. The fraction of sp³-hybridized carbons (Fsp3) is 0.263. The molecule has 2 rings (SSSR count). The minimum absolute atomic E-state index is 0.0290. The molecule has 0 aromatic heterocycles. The van der Waals surface area contributed by atoms with Gasteiger partial charge in [0.1, 0.15) is 11.5 Å². The summed E-state index contributed by atoms with van der Waals surface area (Å²) in [5, 5.41) is 0.700. The molecule has 6 nitrogen and oxygen atoms in total. The van der Waals surface area contributed by atoms with Gasteiger partial charge in [0.2, 0.25) is 0 Å². The molecule has 10 heteroatoms. The number of hydrogen-bond donors (Lipinski definition) is 0. The molecule has 156 valence electrons. The van der Waals surface area contributed by atoms with Crippen LogP contribution in [0, 0.1) is 0 Å². The molecule has 0 radical (unpaired) electrons. The molecular formula is C19H16Cl4O6. The minimum Gasteiger partial charge on any atom is -0.460 e. The lowest BCUT2D eigenvalue weighted by molar-refractivity contribution is -0.209. The number of rotatable bonds is 8. The van der Waals surface area contributed by atoms with Crippen molar-refractivity contribution < 1.29 is 28.5 Å². The van der Waals surface area contributed by atoms with E-state index in [1.54, 1.807) is 13.8 Å². The third-order valence-corrected chi connectivity index (χ3v) is 4.44. The normalized spacial score (nSPS) is 11.0. The quantitative estimate of drug-likeness (QED) is 0.278. The van der Waals surface area contributed by atoms with Crippen LogP contribution >= 0.6 is 46.4 Å². The standard InChI is InChI=1S/C19H16Cl4O6/c1-3-26-17(24)19(18(25)27-4-2,28-15-7-5-11(20)9-13(15)22)29-16-8-6-12(21)10-14(16)23/h5-10H,3-4H2,1-2H3. The van der Waals surface area contributed by atoms with Gasteiger partial charge in [0.25, 0.3) is 0 Å². The summed E-state index contributed by atoms with van der Waals surface area (Å²) in [5.74, 6) is -5.13. The average molecular weight is 482 g/mol. The molecular weight excluding hydrogens is 466 g/mol. The summed E-state index contributed by atoms with van der Waals surface area (Å²) in [4.78, 5) is 25.7. The van der Waals surface area contributed by atoms with Crippen LogP contribution < -0.4 is 9.47 Å². The number of carbonyl (C=O) groups excluding carboxylic acids is 2. The van der Waals surface area contributed by atoms with Gasteiger partial charge in [-0.15, -0.1) is 0 Å². The van der Waals surface area contributed by atoms with Crippen molar-refractivity contribution in [2.45, 2.75) is 19.6 Å². The smallest absolute Gasteiger partial charge is 0.453 e. The van der Waals surface area contributed by atoms with E-state index < -0.39 is 17.7 Å². The third kappa shape index (κ3) is 5.60. The average Bonchev–Trinajstić information content (AvgIpc) is 2.65. The summed E-state index contributed by atoms with van der Waals surface area (Å²) in [6.07, 6.45) is 0. The van der Waals surface area contributed by atoms with Crippen LogP contribution in [0.5, 0.6) is 11.5 Å². The van der Waals surface area contributed by atoms with Gasteiger partial charge in [-0.3, -0.25) is 0 Å². The van der Waals surface area contributed by atoms with Crippen molar-refractivity contribution in [1.29, 1.82) is 0 Å². The first-order valence-corrected chi connectivity index (χ1v) is 9.87. The fourth-order valence-electron chi connectivity index (χ4n) is 2.15. The summed E-state index contributed by atoms with van der Waals surface area (Å²) in [6, 6.07) is 8.39. The molecule has 0 saturated heterocycles. The van der Waals surface area contributed by atoms with E-state index in [1.807, 2.05) is 0 Å². The maximum absolute atomic E-state index is 12.8. The number of benzene rings is 2. The van der Waals surface area contributed by atoms with Crippen LogP contribution in [0.15, 0.2) is 36.4 Å². The van der Waals surface area contributed by atoms with Gasteiger partial charge in [-0.2, -0.15) is 0 Å². The first-order chi connectivity index (χ1) is 13.7. The molecule has 0 aliphatic rings. The lowest BCUT2D eigenvalue weighted by Gasteiger charge is -2.30. The number of halogens is 4. The number of ether oxygens (including phenoxy) is 4. The highest BCUT2D eigenvalue weighted by Gasteiger charge is 2.56. The van der Waals surface area contributed by atoms with Gasteiger partial charge in [0, 0.05) is 10.0 Å². The van der Waals surface area contributed by atoms with E-state index in [0.717, 1.165) is 0 Å². The van der Waals surface area contributed by atoms with E-state index in [1.165, 1.54) is 36.4 Å². The Morgan fingerprint density at radius 2 is 1.14 bits per heavy atom. The Labute approximate surface area is 187 Å². The fourth-order valence-corrected chi connectivity index (χ4v) is 3.04. The summed E-state index contributed by atoms with van der Waals surface area (Å²) in [7, 11) is 0. The van der Waals surface area contributed by atoms with Crippen LogP contribution in [0.25, 0.3) is 0 Å². The van der Waals surface area contributed by atoms with Crippen molar-refractivity contribution in [1.82, 2.24) is 0 Å². The highest BCUT2D eigenvalue weighted by molar-refractivity contribution is 6.36. The monoisotopic (exact) mass is 480 g/mol. The first-order valence-electron chi connectivity index (χ1n) is 8.36. The minimum atomic E-state index is -2.68.